The van der Waals surface area contributed by atoms with E-state index in [2.05, 4.69) is 10.6 Å². The van der Waals surface area contributed by atoms with E-state index in [-0.39, 0.29) is 16.6 Å². The third-order valence-corrected chi connectivity index (χ3v) is 6.42. The molecule has 1 saturated heterocycles. The first-order chi connectivity index (χ1) is 16.6. The number of hydrogen-bond acceptors (Lipinski definition) is 4. The molecule has 35 heavy (non-hydrogen) atoms. The summed E-state index contributed by atoms with van der Waals surface area (Å²) in [6.45, 7) is 9.23. The van der Waals surface area contributed by atoms with Crippen molar-refractivity contribution in [2.45, 2.75) is 34.6 Å². The Balaban J connectivity index is 1.73. The van der Waals surface area contributed by atoms with Gasteiger partial charge in [0.15, 0.2) is 5.11 Å². The number of aromatic nitrogens is 1. The summed E-state index contributed by atoms with van der Waals surface area (Å²) < 4.78 is 2.03. The number of thiocarbonyl (C=S) groups is 1. The first-order valence-electron chi connectivity index (χ1n) is 11.1. The highest BCUT2D eigenvalue weighted by Crippen LogP contribution is 2.29. The van der Waals surface area contributed by atoms with Crippen molar-refractivity contribution in [2.75, 3.05) is 10.2 Å². The number of carbonyl (C=O) groups is 3. The topological polar surface area (TPSA) is 83.4 Å². The Bertz CT molecular complexity index is 1420. The third-order valence-electron chi connectivity index (χ3n) is 6.13. The van der Waals surface area contributed by atoms with Crippen LogP contribution in [0.1, 0.15) is 35.0 Å². The van der Waals surface area contributed by atoms with Crippen LogP contribution in [0, 0.1) is 27.7 Å². The van der Waals surface area contributed by atoms with Crippen LogP contribution < -0.4 is 15.5 Å². The molecule has 1 aromatic heterocycles. The molecule has 2 heterocycles. The standard InChI is InChI=1S/C27H26N4O3S/c1-15-7-6-8-24(17(15)3)31-26(34)23(25(33)29-27(31)35)14-20-13-16(2)30(18(20)4)22-11-9-21(10-12-22)28-19(5)32/h6-14H,1-5H3,(H,28,32)(H,29,33,35)/b23-14+. The normalized spacial score (nSPS) is 14.9. The van der Waals surface area contributed by atoms with E-state index in [0.717, 1.165) is 33.8 Å². The summed E-state index contributed by atoms with van der Waals surface area (Å²) in [6.07, 6.45) is 1.61. The highest BCUT2D eigenvalue weighted by atomic mass is 32.1. The minimum absolute atomic E-state index is 0.0146. The zero-order valence-corrected chi connectivity index (χ0v) is 21.0. The maximum Gasteiger partial charge on any atom is 0.270 e. The lowest BCUT2D eigenvalue weighted by molar-refractivity contribution is -0.122. The van der Waals surface area contributed by atoms with Gasteiger partial charge < -0.3 is 9.88 Å². The number of anilines is 2. The third kappa shape index (κ3) is 4.52. The number of benzene rings is 2. The van der Waals surface area contributed by atoms with E-state index in [4.69, 9.17) is 12.2 Å². The van der Waals surface area contributed by atoms with Gasteiger partial charge >= 0.3 is 0 Å². The number of carbonyl (C=O) groups excluding carboxylic acids is 3. The van der Waals surface area contributed by atoms with Crippen LogP contribution in [0.15, 0.2) is 54.1 Å². The average Bonchev–Trinajstić information content (AvgIpc) is 3.07. The molecule has 0 spiro atoms. The van der Waals surface area contributed by atoms with Crippen molar-refractivity contribution < 1.29 is 14.4 Å². The fourth-order valence-electron chi connectivity index (χ4n) is 4.24. The van der Waals surface area contributed by atoms with Crippen LogP contribution in [-0.4, -0.2) is 27.4 Å². The van der Waals surface area contributed by atoms with E-state index in [9.17, 15) is 14.4 Å². The lowest BCUT2D eigenvalue weighted by Gasteiger charge is -2.30. The number of nitrogens with zero attached hydrogens (tertiary/aromatic N) is 2. The van der Waals surface area contributed by atoms with Gasteiger partial charge in [0.05, 0.1) is 5.69 Å². The first-order valence-corrected chi connectivity index (χ1v) is 11.5. The van der Waals surface area contributed by atoms with E-state index in [1.165, 1.54) is 11.8 Å². The van der Waals surface area contributed by atoms with Crippen molar-refractivity contribution in [2.24, 2.45) is 0 Å². The lowest BCUT2D eigenvalue weighted by atomic mass is 10.0. The van der Waals surface area contributed by atoms with E-state index in [1.54, 1.807) is 6.08 Å². The van der Waals surface area contributed by atoms with Gasteiger partial charge in [0.1, 0.15) is 5.57 Å². The average molecular weight is 487 g/mol. The SMILES string of the molecule is CC(=O)Nc1ccc(-n2c(C)cc(/C=C3\C(=O)NC(=S)N(c4cccc(C)c4C)C3=O)c2C)cc1. The monoisotopic (exact) mass is 486 g/mol. The number of nitrogens with one attached hydrogen (secondary N) is 2. The van der Waals surface area contributed by atoms with Crippen LogP contribution in [-0.2, 0) is 14.4 Å². The van der Waals surface area contributed by atoms with Crippen molar-refractivity contribution in [1.82, 2.24) is 9.88 Å². The van der Waals surface area contributed by atoms with Crippen LogP contribution in [0.25, 0.3) is 11.8 Å². The van der Waals surface area contributed by atoms with Crippen LogP contribution in [0.2, 0.25) is 0 Å². The second-order valence-corrected chi connectivity index (χ2v) is 8.95. The predicted octanol–water partition coefficient (Wildman–Crippen LogP) is 4.50. The van der Waals surface area contributed by atoms with E-state index in [0.29, 0.717) is 11.4 Å². The summed E-state index contributed by atoms with van der Waals surface area (Å²) in [7, 11) is 0. The number of amides is 3. The Morgan fingerprint density at radius 3 is 2.37 bits per heavy atom. The molecule has 1 fully saturated rings. The van der Waals surface area contributed by atoms with Gasteiger partial charge in [0.2, 0.25) is 5.91 Å². The fraction of sp³-hybridized carbons (Fsp3) is 0.185. The summed E-state index contributed by atoms with van der Waals surface area (Å²) >= 11 is 5.35. The van der Waals surface area contributed by atoms with E-state index >= 15 is 0 Å². The Labute approximate surface area is 209 Å². The molecule has 0 unspecified atom stereocenters. The zero-order valence-electron chi connectivity index (χ0n) is 20.2. The van der Waals surface area contributed by atoms with Gasteiger partial charge in [-0.05, 0) is 99.1 Å². The van der Waals surface area contributed by atoms with Gasteiger partial charge in [-0.25, -0.2) is 0 Å². The minimum atomic E-state index is -0.522. The first kappa shape index (κ1) is 24.1. The van der Waals surface area contributed by atoms with Crippen molar-refractivity contribution in [1.29, 1.82) is 0 Å². The molecule has 0 radical (unpaired) electrons. The van der Waals surface area contributed by atoms with Crippen LogP contribution in [0.5, 0.6) is 0 Å². The molecule has 8 heteroatoms. The summed E-state index contributed by atoms with van der Waals surface area (Å²) in [6, 6.07) is 15.0. The smallest absolute Gasteiger partial charge is 0.270 e. The summed E-state index contributed by atoms with van der Waals surface area (Å²) in [5.74, 6) is -1.12. The Morgan fingerprint density at radius 2 is 1.71 bits per heavy atom. The maximum atomic E-state index is 13.5. The molecule has 1 aliphatic rings. The molecule has 3 amide bonds. The Hall–Kier alpha value is -4.04. The summed E-state index contributed by atoms with van der Waals surface area (Å²) in [5, 5.41) is 5.48. The van der Waals surface area contributed by atoms with Gasteiger partial charge in [-0.3, -0.25) is 24.6 Å². The van der Waals surface area contributed by atoms with Crippen LogP contribution in [0.3, 0.4) is 0 Å². The van der Waals surface area contributed by atoms with Crippen LogP contribution >= 0.6 is 12.2 Å². The van der Waals surface area contributed by atoms with Crippen molar-refractivity contribution in [3.8, 4) is 5.69 Å². The summed E-state index contributed by atoms with van der Waals surface area (Å²) in [5.41, 5.74) is 6.76. The quantitative estimate of drug-likeness (QED) is 0.323. The van der Waals surface area contributed by atoms with Crippen molar-refractivity contribution >= 4 is 52.5 Å². The largest absolute Gasteiger partial charge is 0.326 e. The molecule has 1 aliphatic heterocycles. The molecule has 0 atom stereocenters. The molecule has 3 aromatic rings. The molecule has 0 bridgehead atoms. The molecule has 7 nitrogen and oxygen atoms in total. The number of rotatable bonds is 4. The fourth-order valence-corrected chi connectivity index (χ4v) is 4.51. The van der Waals surface area contributed by atoms with Crippen molar-refractivity contribution in [3.05, 3.63) is 82.2 Å². The van der Waals surface area contributed by atoms with Gasteiger partial charge in [-0.15, -0.1) is 0 Å². The highest BCUT2D eigenvalue weighted by molar-refractivity contribution is 7.80. The molecular weight excluding hydrogens is 460 g/mol. The van der Waals surface area contributed by atoms with E-state index < -0.39 is 11.8 Å². The molecule has 0 aliphatic carbocycles. The molecule has 4 rings (SSSR count). The molecular formula is C27H26N4O3S. The van der Waals surface area contributed by atoms with Gasteiger partial charge in [-0.2, -0.15) is 0 Å². The van der Waals surface area contributed by atoms with Gasteiger partial charge in [0.25, 0.3) is 11.8 Å². The van der Waals surface area contributed by atoms with Crippen molar-refractivity contribution in [3.63, 3.8) is 0 Å². The Kier molecular flexibility index (Phi) is 6.41. The molecule has 178 valence electrons. The summed E-state index contributed by atoms with van der Waals surface area (Å²) in [4.78, 5) is 38.9. The predicted molar refractivity (Wildman–Crippen MR) is 142 cm³/mol. The molecule has 2 N–H and O–H groups in total. The highest BCUT2D eigenvalue weighted by Gasteiger charge is 2.35. The van der Waals surface area contributed by atoms with E-state index in [1.807, 2.05) is 80.8 Å². The maximum absolute atomic E-state index is 13.5. The zero-order chi connectivity index (χ0) is 25.4. The second-order valence-electron chi connectivity index (χ2n) is 8.57. The second kappa shape index (κ2) is 9.31. The Morgan fingerprint density at radius 1 is 1.03 bits per heavy atom. The van der Waals surface area contributed by atoms with Gasteiger partial charge in [-0.1, -0.05) is 12.1 Å². The van der Waals surface area contributed by atoms with Gasteiger partial charge in [0, 0.05) is 29.7 Å². The molecule has 2 aromatic carbocycles. The number of aryl methyl sites for hydroxylation is 2. The number of hydrogen-bond donors (Lipinski definition) is 2. The molecule has 0 saturated carbocycles. The lowest BCUT2D eigenvalue weighted by Crippen LogP contribution is -2.54. The minimum Gasteiger partial charge on any atom is -0.326 e. The van der Waals surface area contributed by atoms with Crippen LogP contribution in [0.4, 0.5) is 11.4 Å².